The van der Waals surface area contributed by atoms with Crippen molar-refractivity contribution < 1.29 is 13.2 Å². The summed E-state index contributed by atoms with van der Waals surface area (Å²) >= 11 is 0. The largest absolute Gasteiger partial charge is 0.326 e. The Hall–Kier alpha value is -2.15. The first-order chi connectivity index (χ1) is 9.36. The molecule has 0 aliphatic rings. The van der Waals surface area contributed by atoms with Crippen molar-refractivity contribution in [3.05, 3.63) is 42.5 Å². The average Bonchev–Trinajstić information content (AvgIpc) is 2.74. The Labute approximate surface area is 117 Å². The number of anilines is 1. The van der Waals surface area contributed by atoms with Crippen LogP contribution in [0.2, 0.25) is 0 Å². The molecule has 0 unspecified atom stereocenters. The molecule has 1 aromatic carbocycles. The van der Waals surface area contributed by atoms with Gasteiger partial charge in [-0.1, -0.05) is 6.07 Å². The molecule has 0 aliphatic heterocycles. The number of nitrogens with one attached hydrogen (secondary N) is 1. The van der Waals surface area contributed by atoms with Crippen molar-refractivity contribution in [2.24, 2.45) is 0 Å². The minimum absolute atomic E-state index is 0.134. The van der Waals surface area contributed by atoms with Crippen LogP contribution in [0.3, 0.4) is 0 Å². The molecule has 1 aromatic heterocycles. The van der Waals surface area contributed by atoms with Gasteiger partial charge in [-0.25, -0.2) is 13.4 Å². The highest BCUT2D eigenvalue weighted by Crippen LogP contribution is 2.15. The summed E-state index contributed by atoms with van der Waals surface area (Å²) in [6, 6.07) is 6.17. The van der Waals surface area contributed by atoms with E-state index in [9.17, 15) is 13.2 Å². The molecular formula is C13H15N3O3S. The van der Waals surface area contributed by atoms with Gasteiger partial charge in [0.15, 0.2) is 9.84 Å². The second-order valence-electron chi connectivity index (χ2n) is 4.45. The van der Waals surface area contributed by atoms with Crippen molar-refractivity contribution >= 4 is 21.4 Å². The van der Waals surface area contributed by atoms with Gasteiger partial charge in [0, 0.05) is 24.3 Å². The lowest BCUT2D eigenvalue weighted by atomic mass is 10.3. The maximum atomic E-state index is 11.9. The van der Waals surface area contributed by atoms with Crippen LogP contribution in [0.15, 0.2) is 41.6 Å². The molecule has 1 amide bonds. The molecule has 1 heterocycles. The molecule has 0 aliphatic carbocycles. The number of imidazole rings is 1. The molecule has 0 saturated heterocycles. The van der Waals surface area contributed by atoms with Gasteiger partial charge in [0.05, 0.1) is 4.90 Å². The molecule has 0 spiro atoms. The lowest BCUT2D eigenvalue weighted by molar-refractivity contribution is -0.116. The standard InChI is InChI=1S/C13H15N3O3S/c1-10-14-6-7-16(10)9-13(17)15-11-4-3-5-12(8-11)20(2,18)19/h3-8H,9H2,1-2H3,(H,15,17). The first-order valence-corrected chi connectivity index (χ1v) is 7.83. The summed E-state index contributed by atoms with van der Waals surface area (Å²) in [4.78, 5) is 16.1. The Bertz CT molecular complexity index is 735. The van der Waals surface area contributed by atoms with Crippen LogP contribution < -0.4 is 5.32 Å². The average molecular weight is 293 g/mol. The summed E-state index contributed by atoms with van der Waals surface area (Å²) in [5.74, 6) is 0.502. The van der Waals surface area contributed by atoms with Crippen LogP contribution in [0.1, 0.15) is 5.82 Å². The molecule has 106 valence electrons. The van der Waals surface area contributed by atoms with Gasteiger partial charge in [0.2, 0.25) is 5.91 Å². The van der Waals surface area contributed by atoms with Gasteiger partial charge >= 0.3 is 0 Å². The van der Waals surface area contributed by atoms with E-state index in [0.29, 0.717) is 5.69 Å². The highest BCUT2D eigenvalue weighted by atomic mass is 32.2. The summed E-state index contributed by atoms with van der Waals surface area (Å²) in [7, 11) is -3.28. The van der Waals surface area contributed by atoms with Crippen LogP contribution in [-0.4, -0.2) is 30.1 Å². The van der Waals surface area contributed by atoms with Crippen LogP contribution in [0.5, 0.6) is 0 Å². The number of benzene rings is 1. The fraction of sp³-hybridized carbons (Fsp3) is 0.231. The molecule has 2 aromatic rings. The van der Waals surface area contributed by atoms with E-state index in [1.54, 1.807) is 36.0 Å². The van der Waals surface area contributed by atoms with Gasteiger partial charge in [-0.3, -0.25) is 4.79 Å². The second kappa shape index (κ2) is 5.46. The number of amides is 1. The minimum atomic E-state index is -3.28. The lowest BCUT2D eigenvalue weighted by Gasteiger charge is -2.08. The summed E-state index contributed by atoms with van der Waals surface area (Å²) in [6.07, 6.45) is 4.46. The van der Waals surface area contributed by atoms with E-state index in [2.05, 4.69) is 10.3 Å². The molecule has 0 radical (unpaired) electrons. The van der Waals surface area contributed by atoms with Crippen LogP contribution in [0.25, 0.3) is 0 Å². The molecule has 0 saturated carbocycles. The van der Waals surface area contributed by atoms with Gasteiger partial charge in [0.1, 0.15) is 12.4 Å². The highest BCUT2D eigenvalue weighted by molar-refractivity contribution is 7.90. The molecule has 0 bridgehead atoms. The Kier molecular flexibility index (Phi) is 3.89. The maximum Gasteiger partial charge on any atom is 0.244 e. The van der Waals surface area contributed by atoms with Crippen molar-refractivity contribution in [2.45, 2.75) is 18.4 Å². The maximum absolute atomic E-state index is 11.9. The molecule has 0 atom stereocenters. The van der Waals surface area contributed by atoms with E-state index in [0.717, 1.165) is 12.1 Å². The Morgan fingerprint density at radius 1 is 1.40 bits per heavy atom. The normalized spacial score (nSPS) is 11.3. The van der Waals surface area contributed by atoms with Gasteiger partial charge in [-0.05, 0) is 25.1 Å². The zero-order valence-corrected chi connectivity index (χ0v) is 12.0. The molecule has 0 fully saturated rings. The Morgan fingerprint density at radius 3 is 2.75 bits per heavy atom. The number of sulfone groups is 1. The first-order valence-electron chi connectivity index (χ1n) is 5.94. The highest BCUT2D eigenvalue weighted by Gasteiger charge is 2.09. The third-order valence-electron chi connectivity index (χ3n) is 2.78. The molecule has 7 heteroatoms. The van der Waals surface area contributed by atoms with Crippen LogP contribution in [-0.2, 0) is 21.2 Å². The van der Waals surface area contributed by atoms with E-state index in [1.807, 2.05) is 0 Å². The zero-order valence-electron chi connectivity index (χ0n) is 11.2. The smallest absolute Gasteiger partial charge is 0.244 e. The number of hydrogen-bond donors (Lipinski definition) is 1. The predicted molar refractivity (Wildman–Crippen MR) is 75.1 cm³/mol. The third kappa shape index (κ3) is 3.45. The number of aromatic nitrogens is 2. The van der Waals surface area contributed by atoms with Gasteiger partial charge < -0.3 is 9.88 Å². The SMILES string of the molecule is Cc1nccn1CC(=O)Nc1cccc(S(C)(=O)=O)c1. The number of nitrogens with zero attached hydrogens (tertiary/aromatic N) is 2. The quantitative estimate of drug-likeness (QED) is 0.919. The van der Waals surface area contributed by atoms with Crippen molar-refractivity contribution in [2.75, 3.05) is 11.6 Å². The zero-order chi connectivity index (χ0) is 14.8. The van der Waals surface area contributed by atoms with Crippen molar-refractivity contribution in [3.8, 4) is 0 Å². The topological polar surface area (TPSA) is 81.1 Å². The number of rotatable bonds is 4. The second-order valence-corrected chi connectivity index (χ2v) is 6.47. The Balaban J connectivity index is 2.11. The molecule has 2 rings (SSSR count). The van der Waals surface area contributed by atoms with Crippen LogP contribution in [0, 0.1) is 6.92 Å². The van der Waals surface area contributed by atoms with Gasteiger partial charge in [-0.2, -0.15) is 0 Å². The number of carbonyl (C=O) groups is 1. The van der Waals surface area contributed by atoms with E-state index < -0.39 is 9.84 Å². The van der Waals surface area contributed by atoms with Crippen molar-refractivity contribution in [1.82, 2.24) is 9.55 Å². The minimum Gasteiger partial charge on any atom is -0.326 e. The summed E-state index contributed by atoms with van der Waals surface area (Å²) in [5.41, 5.74) is 0.454. The third-order valence-corrected chi connectivity index (χ3v) is 3.89. The summed E-state index contributed by atoms with van der Waals surface area (Å²) < 4.78 is 24.6. The number of aryl methyl sites for hydroxylation is 1. The summed E-state index contributed by atoms with van der Waals surface area (Å²) in [6.45, 7) is 1.94. The molecular weight excluding hydrogens is 278 g/mol. The van der Waals surface area contributed by atoms with E-state index in [4.69, 9.17) is 0 Å². The molecule has 6 nitrogen and oxygen atoms in total. The fourth-order valence-corrected chi connectivity index (χ4v) is 2.40. The Morgan fingerprint density at radius 2 is 2.15 bits per heavy atom. The monoisotopic (exact) mass is 293 g/mol. The lowest BCUT2D eigenvalue weighted by Crippen LogP contribution is -2.19. The van der Waals surface area contributed by atoms with E-state index in [-0.39, 0.29) is 17.3 Å². The molecule has 20 heavy (non-hydrogen) atoms. The molecule has 1 N–H and O–H groups in total. The number of carbonyl (C=O) groups excluding carboxylic acids is 1. The van der Waals surface area contributed by atoms with E-state index >= 15 is 0 Å². The predicted octanol–water partition coefficient (Wildman–Crippen LogP) is 1.23. The number of hydrogen-bond acceptors (Lipinski definition) is 4. The fourth-order valence-electron chi connectivity index (χ4n) is 1.73. The van der Waals surface area contributed by atoms with Crippen molar-refractivity contribution in [1.29, 1.82) is 0 Å². The van der Waals surface area contributed by atoms with E-state index in [1.165, 1.54) is 12.1 Å². The van der Waals surface area contributed by atoms with Crippen LogP contribution in [0.4, 0.5) is 5.69 Å². The summed E-state index contributed by atoms with van der Waals surface area (Å²) in [5, 5.41) is 2.67. The van der Waals surface area contributed by atoms with Crippen molar-refractivity contribution in [3.63, 3.8) is 0 Å². The van der Waals surface area contributed by atoms with Gasteiger partial charge in [-0.15, -0.1) is 0 Å². The first kappa shape index (κ1) is 14.3. The van der Waals surface area contributed by atoms with Gasteiger partial charge in [0.25, 0.3) is 0 Å². The van der Waals surface area contributed by atoms with Crippen LogP contribution >= 0.6 is 0 Å².